The number of rotatable bonds is 4. The predicted octanol–water partition coefficient (Wildman–Crippen LogP) is 0.608. The molecule has 6 heteroatoms. The zero-order valence-corrected chi connectivity index (χ0v) is 13.8. The van der Waals surface area contributed by atoms with Crippen molar-refractivity contribution < 1.29 is 9.53 Å². The third-order valence-electron chi connectivity index (χ3n) is 5.10. The second kappa shape index (κ2) is 7.38. The third-order valence-corrected chi connectivity index (χ3v) is 5.10. The number of hydrogen-bond acceptors (Lipinski definition) is 5. The van der Waals surface area contributed by atoms with Gasteiger partial charge in [0.15, 0.2) is 0 Å². The van der Waals surface area contributed by atoms with E-state index in [1.54, 1.807) is 24.5 Å². The molecule has 0 radical (unpaired) electrons. The number of nitrogens with one attached hydrogen (secondary N) is 1. The van der Waals surface area contributed by atoms with Crippen LogP contribution in [0.3, 0.4) is 0 Å². The van der Waals surface area contributed by atoms with E-state index in [9.17, 15) is 4.79 Å². The molecule has 0 atom stereocenters. The van der Waals surface area contributed by atoms with Gasteiger partial charge in [0.2, 0.25) is 0 Å². The van der Waals surface area contributed by atoms with Crippen LogP contribution < -0.4 is 5.32 Å². The van der Waals surface area contributed by atoms with E-state index in [1.165, 1.54) is 0 Å². The Labute approximate surface area is 137 Å². The number of nitrogens with zero attached hydrogens (tertiary/aromatic N) is 3. The molecule has 6 nitrogen and oxygen atoms in total. The summed E-state index contributed by atoms with van der Waals surface area (Å²) in [4.78, 5) is 21.3. The van der Waals surface area contributed by atoms with E-state index in [4.69, 9.17) is 4.74 Å². The Bertz CT molecular complexity index is 509. The van der Waals surface area contributed by atoms with E-state index in [1.807, 2.05) is 0 Å². The molecule has 1 aromatic heterocycles. The van der Waals surface area contributed by atoms with Crippen molar-refractivity contribution >= 4 is 5.91 Å². The summed E-state index contributed by atoms with van der Waals surface area (Å²) in [6, 6.07) is 3.60. The number of pyridine rings is 1. The van der Waals surface area contributed by atoms with Crippen molar-refractivity contribution in [3.8, 4) is 0 Å². The van der Waals surface area contributed by atoms with Crippen LogP contribution in [0.15, 0.2) is 24.5 Å². The van der Waals surface area contributed by atoms with Crippen molar-refractivity contribution in [3.05, 3.63) is 30.1 Å². The minimum absolute atomic E-state index is 0.0373. The van der Waals surface area contributed by atoms with Crippen molar-refractivity contribution in [2.75, 3.05) is 53.0 Å². The Kier molecular flexibility index (Phi) is 5.25. The second-order valence-electron chi connectivity index (χ2n) is 6.55. The topological polar surface area (TPSA) is 57.7 Å². The van der Waals surface area contributed by atoms with Crippen LogP contribution in [0.25, 0.3) is 0 Å². The first-order valence-corrected chi connectivity index (χ1v) is 8.39. The van der Waals surface area contributed by atoms with Crippen LogP contribution in [-0.4, -0.2) is 79.2 Å². The third kappa shape index (κ3) is 3.88. The van der Waals surface area contributed by atoms with Gasteiger partial charge in [-0.05, 0) is 45.1 Å². The summed E-state index contributed by atoms with van der Waals surface area (Å²) in [5, 5.41) is 3.14. The monoisotopic (exact) mass is 318 g/mol. The highest BCUT2D eigenvalue weighted by Gasteiger charge is 2.40. The number of likely N-dealkylation sites (tertiary alicyclic amines) is 1. The van der Waals surface area contributed by atoms with Gasteiger partial charge in [-0.3, -0.25) is 14.7 Å². The summed E-state index contributed by atoms with van der Waals surface area (Å²) in [6.07, 6.45) is 5.46. The molecule has 2 saturated heterocycles. The molecule has 0 aromatic carbocycles. The molecule has 1 N–H and O–H groups in total. The molecule has 0 unspecified atom stereocenters. The molecule has 3 rings (SSSR count). The lowest BCUT2D eigenvalue weighted by Crippen LogP contribution is -2.62. The lowest BCUT2D eigenvalue weighted by atomic mass is 9.85. The number of ether oxygens (including phenoxy) is 1. The van der Waals surface area contributed by atoms with Crippen LogP contribution in [0.5, 0.6) is 0 Å². The molecule has 126 valence electrons. The molecule has 0 bridgehead atoms. The van der Waals surface area contributed by atoms with Crippen molar-refractivity contribution in [1.29, 1.82) is 0 Å². The van der Waals surface area contributed by atoms with E-state index < -0.39 is 0 Å². The predicted molar refractivity (Wildman–Crippen MR) is 88.4 cm³/mol. The zero-order valence-electron chi connectivity index (χ0n) is 13.8. The van der Waals surface area contributed by atoms with Crippen LogP contribution in [0.1, 0.15) is 23.2 Å². The first-order valence-electron chi connectivity index (χ1n) is 8.39. The molecule has 0 spiro atoms. The zero-order chi connectivity index (χ0) is 16.1. The highest BCUT2D eigenvalue weighted by Crippen LogP contribution is 2.29. The number of piperidine rings is 1. The standard InChI is InChI=1S/C17H26N4O2/c1-20-7-4-17(5-8-20,21-9-11-23-12-10-21)14-19-16(22)15-3-2-6-18-13-15/h2-3,6,13H,4-5,7-12,14H2,1H3,(H,19,22). The lowest BCUT2D eigenvalue weighted by molar-refractivity contribution is -0.0439. The Balaban J connectivity index is 1.67. The fourth-order valence-corrected chi connectivity index (χ4v) is 3.52. The molecule has 2 aliphatic rings. The van der Waals surface area contributed by atoms with E-state index in [0.29, 0.717) is 12.1 Å². The Hall–Kier alpha value is -1.50. The van der Waals surface area contributed by atoms with Gasteiger partial charge >= 0.3 is 0 Å². The normalized spacial score (nSPS) is 22.7. The molecular formula is C17H26N4O2. The largest absolute Gasteiger partial charge is 0.379 e. The number of amides is 1. The van der Waals surface area contributed by atoms with Crippen LogP contribution in [0.4, 0.5) is 0 Å². The average molecular weight is 318 g/mol. The van der Waals surface area contributed by atoms with Gasteiger partial charge in [-0.2, -0.15) is 0 Å². The summed E-state index contributed by atoms with van der Waals surface area (Å²) in [7, 11) is 2.16. The summed E-state index contributed by atoms with van der Waals surface area (Å²) in [5.74, 6) is -0.0373. The van der Waals surface area contributed by atoms with Gasteiger partial charge in [0.1, 0.15) is 0 Å². The number of carbonyl (C=O) groups is 1. The van der Waals surface area contributed by atoms with Crippen molar-refractivity contribution in [1.82, 2.24) is 20.1 Å². The van der Waals surface area contributed by atoms with E-state index in [-0.39, 0.29) is 11.4 Å². The fraction of sp³-hybridized carbons (Fsp3) is 0.647. The number of hydrogen-bond donors (Lipinski definition) is 1. The summed E-state index contributed by atoms with van der Waals surface area (Å²) >= 11 is 0. The van der Waals surface area contributed by atoms with Crippen LogP contribution in [0.2, 0.25) is 0 Å². The number of carbonyl (C=O) groups excluding carboxylic acids is 1. The van der Waals surface area contributed by atoms with Crippen molar-refractivity contribution in [2.24, 2.45) is 0 Å². The van der Waals surface area contributed by atoms with E-state index in [0.717, 1.165) is 52.2 Å². The summed E-state index contributed by atoms with van der Waals surface area (Å²) in [6.45, 7) is 6.30. The number of aromatic nitrogens is 1. The maximum atomic E-state index is 12.4. The van der Waals surface area contributed by atoms with Gasteiger partial charge in [-0.1, -0.05) is 0 Å². The Morgan fingerprint density at radius 2 is 2.04 bits per heavy atom. The van der Waals surface area contributed by atoms with Crippen molar-refractivity contribution in [3.63, 3.8) is 0 Å². The Morgan fingerprint density at radius 1 is 1.30 bits per heavy atom. The maximum Gasteiger partial charge on any atom is 0.252 e. The minimum Gasteiger partial charge on any atom is -0.379 e. The smallest absolute Gasteiger partial charge is 0.252 e. The van der Waals surface area contributed by atoms with Gasteiger partial charge in [-0.25, -0.2) is 0 Å². The molecular weight excluding hydrogens is 292 g/mol. The average Bonchev–Trinajstić information content (AvgIpc) is 2.63. The van der Waals surface area contributed by atoms with E-state index in [2.05, 4.69) is 27.1 Å². The lowest BCUT2D eigenvalue weighted by Gasteiger charge is -2.49. The molecule has 1 aromatic rings. The first-order chi connectivity index (χ1) is 11.2. The van der Waals surface area contributed by atoms with Gasteiger partial charge in [0, 0.05) is 37.6 Å². The summed E-state index contributed by atoms with van der Waals surface area (Å²) < 4.78 is 5.50. The van der Waals surface area contributed by atoms with Gasteiger partial charge in [0.05, 0.1) is 18.8 Å². The van der Waals surface area contributed by atoms with Gasteiger partial charge < -0.3 is 15.0 Å². The van der Waals surface area contributed by atoms with Crippen LogP contribution in [-0.2, 0) is 4.74 Å². The van der Waals surface area contributed by atoms with E-state index >= 15 is 0 Å². The minimum atomic E-state index is -0.0373. The first kappa shape index (κ1) is 16.4. The quantitative estimate of drug-likeness (QED) is 0.881. The molecule has 0 aliphatic carbocycles. The van der Waals surface area contributed by atoms with Gasteiger partial charge in [-0.15, -0.1) is 0 Å². The molecule has 2 aliphatic heterocycles. The molecule has 23 heavy (non-hydrogen) atoms. The van der Waals surface area contributed by atoms with Gasteiger partial charge in [0.25, 0.3) is 5.91 Å². The van der Waals surface area contributed by atoms with Crippen LogP contribution in [0, 0.1) is 0 Å². The maximum absolute atomic E-state index is 12.4. The second-order valence-corrected chi connectivity index (χ2v) is 6.55. The Morgan fingerprint density at radius 3 is 2.70 bits per heavy atom. The van der Waals surface area contributed by atoms with Crippen LogP contribution >= 0.6 is 0 Å². The molecule has 1 amide bonds. The molecule has 3 heterocycles. The summed E-state index contributed by atoms with van der Waals surface area (Å²) in [5.41, 5.74) is 0.672. The SMILES string of the molecule is CN1CCC(CNC(=O)c2cccnc2)(N2CCOCC2)CC1. The highest BCUT2D eigenvalue weighted by molar-refractivity contribution is 5.93. The van der Waals surface area contributed by atoms with Crippen molar-refractivity contribution in [2.45, 2.75) is 18.4 Å². The molecule has 0 saturated carbocycles. The fourth-order valence-electron chi connectivity index (χ4n) is 3.52. The molecule has 2 fully saturated rings. The number of morpholine rings is 1. The highest BCUT2D eigenvalue weighted by atomic mass is 16.5.